The second-order valence-corrected chi connectivity index (χ2v) is 8.85. The molecule has 0 saturated carbocycles. The van der Waals surface area contributed by atoms with Crippen LogP contribution in [0.3, 0.4) is 0 Å². The molecule has 9 heteroatoms. The molecule has 1 aliphatic heterocycles. The van der Waals surface area contributed by atoms with Crippen LogP contribution in [0, 0.1) is 0 Å². The Hall–Kier alpha value is -3.36. The number of thiazole rings is 1. The van der Waals surface area contributed by atoms with E-state index in [1.807, 2.05) is 12.1 Å². The first-order chi connectivity index (χ1) is 16.4. The second-order valence-electron chi connectivity index (χ2n) is 7.44. The molecule has 0 spiro atoms. The zero-order valence-electron chi connectivity index (χ0n) is 19.1. The number of fused-ring (bicyclic) bond motifs is 1. The largest absolute Gasteiger partial charge is 0.493 e. The fourth-order valence-electron chi connectivity index (χ4n) is 3.88. The zero-order chi connectivity index (χ0) is 24.4. The maximum Gasteiger partial charge on any atom is 0.338 e. The van der Waals surface area contributed by atoms with Crippen LogP contribution in [0.2, 0.25) is 5.02 Å². The summed E-state index contributed by atoms with van der Waals surface area (Å²) in [4.78, 5) is 31.6. The number of rotatable bonds is 6. The Balaban J connectivity index is 1.95. The molecule has 0 aliphatic carbocycles. The number of nitrogens with zero attached hydrogens (tertiary/aromatic N) is 2. The molecule has 0 saturated heterocycles. The van der Waals surface area contributed by atoms with Gasteiger partial charge in [-0.1, -0.05) is 47.2 Å². The lowest BCUT2D eigenvalue weighted by molar-refractivity contribution is -0.139. The van der Waals surface area contributed by atoms with Gasteiger partial charge in [-0.3, -0.25) is 9.36 Å². The maximum atomic E-state index is 13.6. The van der Waals surface area contributed by atoms with E-state index in [-0.39, 0.29) is 12.2 Å². The third-order valence-electron chi connectivity index (χ3n) is 5.42. The van der Waals surface area contributed by atoms with E-state index in [0.29, 0.717) is 42.7 Å². The number of benzene rings is 2. The van der Waals surface area contributed by atoms with Gasteiger partial charge in [-0.15, -0.1) is 0 Å². The summed E-state index contributed by atoms with van der Waals surface area (Å²) in [6.07, 6.45) is 1.76. The van der Waals surface area contributed by atoms with Gasteiger partial charge in [0.05, 0.1) is 36.6 Å². The molecule has 1 aliphatic rings. The van der Waals surface area contributed by atoms with Crippen molar-refractivity contribution in [3.8, 4) is 11.5 Å². The van der Waals surface area contributed by atoms with Crippen LogP contribution >= 0.6 is 22.9 Å². The average Bonchev–Trinajstić information content (AvgIpc) is 3.13. The molecule has 1 atom stereocenters. The van der Waals surface area contributed by atoms with Crippen molar-refractivity contribution in [1.82, 2.24) is 4.57 Å². The minimum absolute atomic E-state index is 0.203. The Kier molecular flexibility index (Phi) is 6.90. The smallest absolute Gasteiger partial charge is 0.338 e. The predicted octanol–water partition coefficient (Wildman–Crippen LogP) is 3.47. The van der Waals surface area contributed by atoms with Gasteiger partial charge in [0.1, 0.15) is 6.04 Å². The molecule has 34 heavy (non-hydrogen) atoms. The van der Waals surface area contributed by atoms with Gasteiger partial charge < -0.3 is 14.2 Å². The minimum Gasteiger partial charge on any atom is -0.493 e. The highest BCUT2D eigenvalue weighted by molar-refractivity contribution is 7.07. The summed E-state index contributed by atoms with van der Waals surface area (Å²) in [7, 11) is 3.12. The van der Waals surface area contributed by atoms with E-state index in [0.717, 1.165) is 5.56 Å². The zero-order valence-corrected chi connectivity index (χ0v) is 20.7. The SMILES string of the molecule is CCOC(=O)C1=C(C)N=c2s/c(=C/c3ccc(OC)c(OC)c3)c(=O)n2[C@H]1c1ccccc1Cl. The Morgan fingerprint density at radius 3 is 2.59 bits per heavy atom. The van der Waals surface area contributed by atoms with Gasteiger partial charge in [-0.05, 0) is 49.2 Å². The Morgan fingerprint density at radius 1 is 1.18 bits per heavy atom. The van der Waals surface area contributed by atoms with Gasteiger partial charge in [0, 0.05) is 5.02 Å². The van der Waals surface area contributed by atoms with Crippen LogP contribution in [-0.4, -0.2) is 31.4 Å². The molecule has 0 N–H and O–H groups in total. The van der Waals surface area contributed by atoms with E-state index >= 15 is 0 Å². The van der Waals surface area contributed by atoms with E-state index in [2.05, 4.69) is 4.99 Å². The number of carbonyl (C=O) groups is 1. The fraction of sp³-hybridized carbons (Fsp3) is 0.240. The Morgan fingerprint density at radius 2 is 1.91 bits per heavy atom. The van der Waals surface area contributed by atoms with Crippen LogP contribution in [0.5, 0.6) is 11.5 Å². The van der Waals surface area contributed by atoms with Crippen molar-refractivity contribution in [3.05, 3.63) is 89.6 Å². The normalized spacial score (nSPS) is 15.6. The number of hydrogen-bond acceptors (Lipinski definition) is 7. The summed E-state index contributed by atoms with van der Waals surface area (Å²) in [6.45, 7) is 3.67. The first-order valence-electron chi connectivity index (χ1n) is 10.6. The first-order valence-corrected chi connectivity index (χ1v) is 11.7. The minimum atomic E-state index is -0.753. The van der Waals surface area contributed by atoms with Crippen molar-refractivity contribution in [2.75, 3.05) is 20.8 Å². The van der Waals surface area contributed by atoms with Gasteiger partial charge in [-0.25, -0.2) is 9.79 Å². The van der Waals surface area contributed by atoms with Crippen LogP contribution in [-0.2, 0) is 9.53 Å². The number of ether oxygens (including phenoxy) is 3. The Bertz CT molecular complexity index is 1470. The van der Waals surface area contributed by atoms with Gasteiger partial charge in [0.15, 0.2) is 16.3 Å². The molecule has 2 aromatic carbocycles. The van der Waals surface area contributed by atoms with Crippen molar-refractivity contribution in [2.45, 2.75) is 19.9 Å². The number of hydrogen-bond donors (Lipinski definition) is 0. The number of aromatic nitrogens is 1. The molecule has 3 aromatic rings. The molecule has 176 valence electrons. The maximum absolute atomic E-state index is 13.6. The van der Waals surface area contributed by atoms with Gasteiger partial charge >= 0.3 is 5.97 Å². The van der Waals surface area contributed by atoms with Crippen LogP contribution in [0.15, 0.2) is 63.5 Å². The van der Waals surface area contributed by atoms with Gasteiger partial charge in [0.2, 0.25) is 0 Å². The van der Waals surface area contributed by atoms with Crippen molar-refractivity contribution < 1.29 is 19.0 Å². The second kappa shape index (κ2) is 9.87. The number of halogens is 1. The molecule has 4 rings (SSSR count). The molecule has 0 amide bonds. The lowest BCUT2D eigenvalue weighted by Crippen LogP contribution is -2.40. The molecule has 0 unspecified atom stereocenters. The van der Waals surface area contributed by atoms with Crippen LogP contribution in [0.4, 0.5) is 0 Å². The van der Waals surface area contributed by atoms with Gasteiger partial charge in [0.25, 0.3) is 5.56 Å². The summed E-state index contributed by atoms with van der Waals surface area (Å²) >= 11 is 7.76. The summed E-state index contributed by atoms with van der Waals surface area (Å²) in [6, 6.07) is 11.8. The quantitative estimate of drug-likeness (QED) is 0.486. The third kappa shape index (κ3) is 4.26. The van der Waals surface area contributed by atoms with Crippen molar-refractivity contribution in [1.29, 1.82) is 0 Å². The highest BCUT2D eigenvalue weighted by Crippen LogP contribution is 2.34. The van der Waals surface area contributed by atoms with E-state index in [9.17, 15) is 9.59 Å². The summed E-state index contributed by atoms with van der Waals surface area (Å²) < 4.78 is 17.9. The van der Waals surface area contributed by atoms with Crippen molar-refractivity contribution >= 4 is 35.0 Å². The van der Waals surface area contributed by atoms with E-state index in [1.54, 1.807) is 64.5 Å². The summed E-state index contributed by atoms with van der Waals surface area (Å²) in [5.74, 6) is 0.621. The summed E-state index contributed by atoms with van der Waals surface area (Å²) in [5.41, 5.74) is 1.89. The fourth-order valence-corrected chi connectivity index (χ4v) is 5.16. The van der Waals surface area contributed by atoms with Gasteiger partial charge in [-0.2, -0.15) is 0 Å². The van der Waals surface area contributed by atoms with E-state index in [4.69, 9.17) is 25.8 Å². The highest BCUT2D eigenvalue weighted by atomic mass is 35.5. The van der Waals surface area contributed by atoms with E-state index < -0.39 is 12.0 Å². The Labute approximate surface area is 205 Å². The van der Waals surface area contributed by atoms with Crippen LogP contribution in [0.1, 0.15) is 31.0 Å². The average molecular weight is 499 g/mol. The molecular weight excluding hydrogens is 476 g/mol. The number of esters is 1. The number of allylic oxidation sites excluding steroid dienone is 1. The van der Waals surface area contributed by atoms with Crippen molar-refractivity contribution in [3.63, 3.8) is 0 Å². The lowest BCUT2D eigenvalue weighted by Gasteiger charge is -2.25. The predicted molar refractivity (Wildman–Crippen MR) is 131 cm³/mol. The number of carbonyl (C=O) groups excluding carboxylic acids is 1. The topological polar surface area (TPSA) is 79.1 Å². The third-order valence-corrected chi connectivity index (χ3v) is 6.75. The first kappa shape index (κ1) is 23.8. The molecule has 0 bridgehead atoms. The number of methoxy groups -OCH3 is 2. The molecule has 7 nitrogen and oxygen atoms in total. The highest BCUT2D eigenvalue weighted by Gasteiger charge is 2.34. The van der Waals surface area contributed by atoms with Crippen LogP contribution in [0.25, 0.3) is 6.08 Å². The van der Waals surface area contributed by atoms with Crippen molar-refractivity contribution in [2.24, 2.45) is 4.99 Å². The summed E-state index contributed by atoms with van der Waals surface area (Å²) in [5, 5.41) is 0.443. The molecule has 0 radical (unpaired) electrons. The van der Waals surface area contributed by atoms with Crippen LogP contribution < -0.4 is 24.4 Å². The molecule has 2 heterocycles. The molecule has 1 aromatic heterocycles. The monoisotopic (exact) mass is 498 g/mol. The molecule has 0 fully saturated rings. The molecular formula is C25H23ClN2O5S. The standard InChI is InChI=1S/C25H23ClN2O5S/c1-5-33-24(30)21-14(2)27-25-28(22(21)16-8-6-7-9-17(16)26)23(29)20(34-25)13-15-10-11-18(31-3)19(12-15)32-4/h6-13,22H,5H2,1-4H3/b20-13+/t22-/m0/s1. The lowest BCUT2D eigenvalue weighted by atomic mass is 9.96. The van der Waals surface area contributed by atoms with E-state index in [1.165, 1.54) is 15.9 Å².